The molecule has 0 fully saturated rings. The van der Waals surface area contributed by atoms with Gasteiger partial charge in [-0.25, -0.2) is 4.79 Å². The zero-order valence-electron chi connectivity index (χ0n) is 14.3. The number of nitrogens with zero attached hydrogens (tertiary/aromatic N) is 1. The normalized spacial score (nSPS) is 12.8. The Bertz CT molecular complexity index is 783. The second kappa shape index (κ2) is 9.51. The van der Waals surface area contributed by atoms with Gasteiger partial charge in [-0.05, 0) is 24.1 Å². The summed E-state index contributed by atoms with van der Waals surface area (Å²) in [6, 6.07) is 12.3. The molecule has 2 aromatic carbocycles. The Hall–Kier alpha value is -3.17. The molecular weight excluding hydrogens is 356 g/mol. The maximum absolute atomic E-state index is 11.6. The molecule has 0 aliphatic carbocycles. The van der Waals surface area contributed by atoms with E-state index in [4.69, 9.17) is 4.74 Å². The molecule has 9 heteroatoms. The lowest BCUT2D eigenvalue weighted by Gasteiger charge is -2.18. The van der Waals surface area contributed by atoms with Crippen molar-refractivity contribution in [2.45, 2.75) is 25.2 Å². The van der Waals surface area contributed by atoms with Crippen LogP contribution in [0.1, 0.15) is 23.7 Å². The van der Waals surface area contributed by atoms with Gasteiger partial charge in [-0.15, -0.1) is 0 Å². The minimum atomic E-state index is -1.55. The van der Waals surface area contributed by atoms with Gasteiger partial charge in [0.2, 0.25) is 0 Å². The highest BCUT2D eigenvalue weighted by Gasteiger charge is 2.26. The highest BCUT2D eigenvalue weighted by atomic mass is 16.6. The number of benzene rings is 2. The van der Waals surface area contributed by atoms with E-state index < -0.39 is 28.9 Å². The molecule has 2 unspecified atom stereocenters. The predicted octanol–water partition coefficient (Wildman–Crippen LogP) is 2.01. The number of alkyl carbamates (subject to hydrolysis) is 1. The number of ether oxygens (including phenoxy) is 1. The van der Waals surface area contributed by atoms with Crippen molar-refractivity contribution in [3.05, 3.63) is 69.8 Å². The number of carbonyl (C=O) groups is 1. The van der Waals surface area contributed by atoms with Gasteiger partial charge >= 0.3 is 6.09 Å². The zero-order chi connectivity index (χ0) is 19.8. The first kappa shape index (κ1) is 20.1. The van der Waals surface area contributed by atoms with E-state index in [1.165, 1.54) is 12.1 Å². The first-order chi connectivity index (χ1) is 12.9. The molecule has 2 aromatic rings. The molecule has 0 spiro atoms. The van der Waals surface area contributed by atoms with Crippen LogP contribution >= 0.6 is 0 Å². The monoisotopic (exact) mass is 376 g/mol. The third-order valence-corrected chi connectivity index (χ3v) is 3.82. The Morgan fingerprint density at radius 1 is 1.19 bits per heavy atom. The van der Waals surface area contributed by atoms with Gasteiger partial charge in [0, 0.05) is 6.54 Å². The van der Waals surface area contributed by atoms with Crippen molar-refractivity contribution in [2.75, 3.05) is 6.54 Å². The van der Waals surface area contributed by atoms with Crippen LogP contribution in [0.3, 0.4) is 0 Å². The molecule has 2 rings (SSSR count). The van der Waals surface area contributed by atoms with Gasteiger partial charge in [-0.2, -0.15) is 0 Å². The fraction of sp³-hybridized carbons (Fsp3) is 0.278. The fourth-order valence-electron chi connectivity index (χ4n) is 2.40. The van der Waals surface area contributed by atoms with Crippen LogP contribution in [0, 0.1) is 10.1 Å². The largest absolute Gasteiger partial charge is 0.508 e. The molecule has 0 bridgehead atoms. The number of aliphatic hydroxyl groups is 2. The molecule has 0 saturated carbocycles. The molecule has 0 heterocycles. The molecule has 0 radical (unpaired) electrons. The molecule has 1 amide bonds. The summed E-state index contributed by atoms with van der Waals surface area (Å²) in [5, 5.41) is 43.0. The summed E-state index contributed by atoms with van der Waals surface area (Å²) in [5.74, 6) is -0.324. The van der Waals surface area contributed by atoms with Gasteiger partial charge in [-0.3, -0.25) is 10.1 Å². The van der Waals surface area contributed by atoms with Crippen molar-refractivity contribution in [3.8, 4) is 5.75 Å². The summed E-state index contributed by atoms with van der Waals surface area (Å²) in [6.07, 6.45) is -3.65. The number of nitro groups is 1. The van der Waals surface area contributed by atoms with Crippen LogP contribution in [0.25, 0.3) is 0 Å². The quantitative estimate of drug-likeness (QED) is 0.408. The average Bonchev–Trinajstić information content (AvgIpc) is 2.66. The lowest BCUT2D eigenvalue weighted by Crippen LogP contribution is -2.30. The maximum Gasteiger partial charge on any atom is 0.407 e. The van der Waals surface area contributed by atoms with Crippen molar-refractivity contribution < 1.29 is 29.8 Å². The number of phenolic OH excluding ortho intramolecular Hbond substituents is 1. The van der Waals surface area contributed by atoms with Crippen LogP contribution in [0.4, 0.5) is 10.5 Å². The molecule has 144 valence electrons. The molecule has 0 aliphatic heterocycles. The number of hydrogen-bond acceptors (Lipinski definition) is 7. The van der Waals surface area contributed by atoms with Gasteiger partial charge in [0.05, 0.1) is 22.7 Å². The second-order valence-electron chi connectivity index (χ2n) is 5.79. The standard InChI is InChI=1S/C18H20N2O7/c21-13-6-7-14(15(10-13)20(25)26)17(23)16(22)8-9-19-18(24)27-11-12-4-2-1-3-5-12/h1-7,10,16-17,21-23H,8-9,11H2,(H,19,24). The summed E-state index contributed by atoms with van der Waals surface area (Å²) in [4.78, 5) is 21.9. The number of rotatable bonds is 8. The van der Waals surface area contributed by atoms with Crippen LogP contribution in [-0.2, 0) is 11.3 Å². The topological polar surface area (TPSA) is 142 Å². The van der Waals surface area contributed by atoms with Crippen molar-refractivity contribution in [3.63, 3.8) is 0 Å². The van der Waals surface area contributed by atoms with Crippen LogP contribution in [-0.4, -0.2) is 39.0 Å². The maximum atomic E-state index is 11.6. The molecule has 2 atom stereocenters. The summed E-state index contributed by atoms with van der Waals surface area (Å²) in [7, 11) is 0. The van der Waals surface area contributed by atoms with Gasteiger partial charge in [0.15, 0.2) is 0 Å². The van der Waals surface area contributed by atoms with Crippen LogP contribution in [0.2, 0.25) is 0 Å². The van der Waals surface area contributed by atoms with E-state index in [9.17, 15) is 30.2 Å². The third-order valence-electron chi connectivity index (χ3n) is 3.82. The lowest BCUT2D eigenvalue weighted by atomic mass is 10.00. The number of phenols is 1. The summed E-state index contributed by atoms with van der Waals surface area (Å²) in [6.45, 7) is 0.0925. The van der Waals surface area contributed by atoms with E-state index in [1.54, 1.807) is 12.1 Å². The molecule has 27 heavy (non-hydrogen) atoms. The first-order valence-electron chi connectivity index (χ1n) is 8.16. The number of nitrogens with one attached hydrogen (secondary N) is 1. The number of hydrogen-bond donors (Lipinski definition) is 4. The fourth-order valence-corrected chi connectivity index (χ4v) is 2.40. The minimum Gasteiger partial charge on any atom is -0.508 e. The number of aliphatic hydroxyl groups excluding tert-OH is 2. The molecule has 9 nitrogen and oxygen atoms in total. The van der Waals surface area contributed by atoms with Gasteiger partial charge < -0.3 is 25.4 Å². The van der Waals surface area contributed by atoms with E-state index in [0.29, 0.717) is 0 Å². The molecule has 0 aliphatic rings. The molecule has 0 aromatic heterocycles. The van der Waals surface area contributed by atoms with Crippen LogP contribution < -0.4 is 5.32 Å². The predicted molar refractivity (Wildman–Crippen MR) is 95.0 cm³/mol. The Morgan fingerprint density at radius 3 is 2.56 bits per heavy atom. The Kier molecular flexibility index (Phi) is 7.09. The lowest BCUT2D eigenvalue weighted by molar-refractivity contribution is -0.386. The molecular formula is C18H20N2O7. The van der Waals surface area contributed by atoms with E-state index in [2.05, 4.69) is 5.32 Å². The number of nitro benzene ring substituents is 1. The molecule has 0 saturated heterocycles. The van der Waals surface area contributed by atoms with E-state index >= 15 is 0 Å². The molecule has 4 N–H and O–H groups in total. The summed E-state index contributed by atoms with van der Waals surface area (Å²) in [5.41, 5.74) is 0.191. The van der Waals surface area contributed by atoms with Gasteiger partial charge in [0.25, 0.3) is 5.69 Å². The van der Waals surface area contributed by atoms with Crippen molar-refractivity contribution >= 4 is 11.8 Å². The van der Waals surface area contributed by atoms with E-state index in [1.807, 2.05) is 18.2 Å². The van der Waals surface area contributed by atoms with Crippen LogP contribution in [0.5, 0.6) is 5.75 Å². The Labute approximate surface area is 155 Å². The number of amides is 1. The Morgan fingerprint density at radius 2 is 1.89 bits per heavy atom. The summed E-state index contributed by atoms with van der Waals surface area (Å²) >= 11 is 0. The van der Waals surface area contributed by atoms with Gasteiger partial charge in [0.1, 0.15) is 18.5 Å². The highest BCUT2D eigenvalue weighted by Crippen LogP contribution is 2.31. The second-order valence-corrected chi connectivity index (χ2v) is 5.79. The third kappa shape index (κ3) is 5.94. The van der Waals surface area contributed by atoms with Crippen molar-refractivity contribution in [1.82, 2.24) is 5.32 Å². The average molecular weight is 376 g/mol. The minimum absolute atomic E-state index is 0.00225. The SMILES string of the molecule is O=C(NCCC(O)C(O)c1ccc(O)cc1[N+](=O)[O-])OCc1ccccc1. The number of aromatic hydroxyl groups is 1. The van der Waals surface area contributed by atoms with Crippen LogP contribution in [0.15, 0.2) is 48.5 Å². The van der Waals surface area contributed by atoms with E-state index in [-0.39, 0.29) is 30.9 Å². The van der Waals surface area contributed by atoms with Gasteiger partial charge in [-0.1, -0.05) is 30.3 Å². The van der Waals surface area contributed by atoms with Crippen molar-refractivity contribution in [1.29, 1.82) is 0 Å². The zero-order valence-corrected chi connectivity index (χ0v) is 14.3. The first-order valence-corrected chi connectivity index (χ1v) is 8.16. The number of carbonyl (C=O) groups excluding carboxylic acids is 1. The highest BCUT2D eigenvalue weighted by molar-refractivity contribution is 5.67. The summed E-state index contributed by atoms with van der Waals surface area (Å²) < 4.78 is 5.01. The van der Waals surface area contributed by atoms with Crippen molar-refractivity contribution in [2.24, 2.45) is 0 Å². The van der Waals surface area contributed by atoms with E-state index in [0.717, 1.165) is 11.6 Å². The smallest absolute Gasteiger partial charge is 0.407 e. The Balaban J connectivity index is 1.82.